The van der Waals surface area contributed by atoms with Crippen LogP contribution >= 0.6 is 27.7 Å². The van der Waals surface area contributed by atoms with Crippen LogP contribution in [0.2, 0.25) is 0 Å². The fraction of sp³-hybridized carbons (Fsp3) is 0.400. The maximum absolute atomic E-state index is 12.4. The average Bonchev–Trinajstić information content (AvgIpc) is 3.38. The Labute approximate surface area is 182 Å². The normalized spacial score (nSPS) is 13.9. The fourth-order valence-electron chi connectivity index (χ4n) is 3.46. The number of halogens is 1. The number of anilines is 1. The van der Waals surface area contributed by atoms with E-state index in [2.05, 4.69) is 38.2 Å². The van der Waals surface area contributed by atoms with Gasteiger partial charge in [-0.1, -0.05) is 40.7 Å². The number of nitrogens with one attached hydrogen (secondary N) is 1. The number of carbonyl (C=O) groups is 1. The molecule has 0 aliphatic carbocycles. The zero-order valence-electron chi connectivity index (χ0n) is 16.3. The number of rotatable bonds is 7. The molecular weight excluding hydrogens is 452 g/mol. The fourth-order valence-corrected chi connectivity index (χ4v) is 4.41. The van der Waals surface area contributed by atoms with Crippen molar-refractivity contribution in [3.63, 3.8) is 0 Å². The summed E-state index contributed by atoms with van der Waals surface area (Å²) in [5.74, 6) is 1.80. The summed E-state index contributed by atoms with van der Waals surface area (Å²) in [5.41, 5.74) is 1.46. The summed E-state index contributed by atoms with van der Waals surface area (Å²) in [6.07, 6.45) is 4.23. The molecule has 1 aliphatic rings. The molecule has 0 unspecified atom stereocenters. The van der Waals surface area contributed by atoms with Crippen molar-refractivity contribution in [1.29, 1.82) is 0 Å². The highest BCUT2D eigenvalue weighted by Crippen LogP contribution is 2.29. The number of thioether (sulfide) groups is 1. The van der Waals surface area contributed by atoms with Gasteiger partial charge in [0.05, 0.1) is 18.1 Å². The van der Waals surface area contributed by atoms with E-state index in [1.165, 1.54) is 12.8 Å². The molecule has 0 atom stereocenters. The van der Waals surface area contributed by atoms with Gasteiger partial charge in [-0.05, 0) is 36.8 Å². The number of amides is 1. The predicted molar refractivity (Wildman–Crippen MR) is 120 cm³/mol. The summed E-state index contributed by atoms with van der Waals surface area (Å²) in [7, 11) is 0. The minimum atomic E-state index is -0.0997. The van der Waals surface area contributed by atoms with E-state index in [-0.39, 0.29) is 5.91 Å². The summed E-state index contributed by atoms with van der Waals surface area (Å²) < 4.78 is 2.74. The number of carbonyl (C=O) groups excluding carboxylic acids is 1. The third-order valence-corrected chi connectivity index (χ3v) is 6.05. The SMILES string of the molecule is CCSc1nc(N2CCCC2)c2cnn(CCNC(=O)c3cccc(Br)c3)c2n1. The van der Waals surface area contributed by atoms with E-state index in [0.29, 0.717) is 18.7 Å². The van der Waals surface area contributed by atoms with Crippen LogP contribution in [0.25, 0.3) is 11.0 Å². The quantitative estimate of drug-likeness (QED) is 0.415. The molecular formula is C20H23BrN6OS. The van der Waals surface area contributed by atoms with Gasteiger partial charge in [-0.3, -0.25) is 4.79 Å². The van der Waals surface area contributed by atoms with E-state index in [0.717, 1.165) is 45.3 Å². The van der Waals surface area contributed by atoms with Crippen LogP contribution in [0.15, 0.2) is 40.1 Å². The van der Waals surface area contributed by atoms with Gasteiger partial charge in [0, 0.05) is 29.7 Å². The van der Waals surface area contributed by atoms with E-state index < -0.39 is 0 Å². The van der Waals surface area contributed by atoms with Crippen LogP contribution in [-0.2, 0) is 6.54 Å². The largest absolute Gasteiger partial charge is 0.356 e. The minimum absolute atomic E-state index is 0.0997. The van der Waals surface area contributed by atoms with Gasteiger partial charge in [0.15, 0.2) is 10.8 Å². The first kappa shape index (κ1) is 20.2. The van der Waals surface area contributed by atoms with Gasteiger partial charge in [0.2, 0.25) is 0 Å². The van der Waals surface area contributed by atoms with Gasteiger partial charge in [0.25, 0.3) is 5.91 Å². The molecule has 1 fully saturated rings. The topological polar surface area (TPSA) is 75.9 Å². The summed E-state index contributed by atoms with van der Waals surface area (Å²) >= 11 is 5.04. The zero-order valence-corrected chi connectivity index (χ0v) is 18.7. The van der Waals surface area contributed by atoms with Crippen molar-refractivity contribution in [1.82, 2.24) is 25.1 Å². The first-order valence-corrected chi connectivity index (χ1v) is 11.6. The lowest BCUT2D eigenvalue weighted by Gasteiger charge is -2.17. The molecule has 1 saturated heterocycles. The van der Waals surface area contributed by atoms with Crippen molar-refractivity contribution in [3.05, 3.63) is 40.5 Å². The molecule has 0 radical (unpaired) electrons. The summed E-state index contributed by atoms with van der Waals surface area (Å²) in [5, 5.41) is 9.25. The van der Waals surface area contributed by atoms with E-state index in [4.69, 9.17) is 9.97 Å². The lowest BCUT2D eigenvalue weighted by atomic mass is 10.2. The number of benzene rings is 1. The van der Waals surface area contributed by atoms with Crippen LogP contribution < -0.4 is 10.2 Å². The first-order chi connectivity index (χ1) is 14.2. The molecule has 0 saturated carbocycles. The highest BCUT2D eigenvalue weighted by Gasteiger charge is 2.20. The van der Waals surface area contributed by atoms with Gasteiger partial charge < -0.3 is 10.2 Å². The van der Waals surface area contributed by atoms with Gasteiger partial charge in [-0.2, -0.15) is 5.10 Å². The minimum Gasteiger partial charge on any atom is -0.356 e. The molecule has 3 heterocycles. The standard InChI is InChI=1S/C20H23BrN6OS/c1-2-29-20-24-17(26-9-3-4-10-26)16-13-23-27(18(16)25-20)11-8-22-19(28)14-6-5-7-15(21)12-14/h5-7,12-13H,2-4,8-11H2,1H3,(H,22,28). The molecule has 29 heavy (non-hydrogen) atoms. The second kappa shape index (κ2) is 9.13. The van der Waals surface area contributed by atoms with Crippen molar-refractivity contribution in [3.8, 4) is 0 Å². The summed E-state index contributed by atoms with van der Waals surface area (Å²) in [6.45, 7) is 5.17. The number of hydrogen-bond donors (Lipinski definition) is 1. The lowest BCUT2D eigenvalue weighted by molar-refractivity contribution is 0.0952. The van der Waals surface area contributed by atoms with Gasteiger partial charge in [-0.25, -0.2) is 14.6 Å². The van der Waals surface area contributed by atoms with Crippen LogP contribution in [0, 0.1) is 0 Å². The van der Waals surface area contributed by atoms with Crippen molar-refractivity contribution >= 4 is 50.5 Å². The second-order valence-corrected chi connectivity index (χ2v) is 8.98. The van der Waals surface area contributed by atoms with Crippen molar-refractivity contribution < 1.29 is 4.79 Å². The molecule has 9 heteroatoms. The molecule has 0 bridgehead atoms. The van der Waals surface area contributed by atoms with Crippen LogP contribution in [-0.4, -0.2) is 51.0 Å². The Kier molecular flexibility index (Phi) is 6.34. The third-order valence-electron chi connectivity index (χ3n) is 4.83. The number of aromatic nitrogens is 4. The first-order valence-electron chi connectivity index (χ1n) is 9.81. The van der Waals surface area contributed by atoms with Crippen molar-refractivity contribution in [2.75, 3.05) is 30.3 Å². The second-order valence-electron chi connectivity index (χ2n) is 6.83. The van der Waals surface area contributed by atoms with Crippen LogP contribution in [0.5, 0.6) is 0 Å². The number of nitrogens with zero attached hydrogens (tertiary/aromatic N) is 5. The predicted octanol–water partition coefficient (Wildman–Crippen LogP) is 3.73. The van der Waals surface area contributed by atoms with Crippen LogP contribution in [0.3, 0.4) is 0 Å². The van der Waals surface area contributed by atoms with Gasteiger partial charge >= 0.3 is 0 Å². The summed E-state index contributed by atoms with van der Waals surface area (Å²) in [4.78, 5) is 24.2. The Balaban J connectivity index is 1.52. The maximum atomic E-state index is 12.4. The Hall–Kier alpha value is -2.13. The Bertz CT molecular complexity index is 1020. The molecule has 1 aromatic carbocycles. The van der Waals surface area contributed by atoms with Crippen molar-refractivity contribution in [2.45, 2.75) is 31.5 Å². The zero-order chi connectivity index (χ0) is 20.2. The van der Waals surface area contributed by atoms with E-state index >= 15 is 0 Å². The van der Waals surface area contributed by atoms with Crippen molar-refractivity contribution in [2.24, 2.45) is 0 Å². The van der Waals surface area contributed by atoms with Gasteiger partial charge in [-0.15, -0.1) is 0 Å². The summed E-state index contributed by atoms with van der Waals surface area (Å²) in [6, 6.07) is 7.36. The molecule has 1 N–H and O–H groups in total. The van der Waals surface area contributed by atoms with E-state index in [9.17, 15) is 4.79 Å². The molecule has 3 aromatic rings. The molecule has 2 aromatic heterocycles. The monoisotopic (exact) mass is 474 g/mol. The molecule has 0 spiro atoms. The molecule has 1 aliphatic heterocycles. The van der Waals surface area contributed by atoms with Crippen LogP contribution in [0.1, 0.15) is 30.1 Å². The highest BCUT2D eigenvalue weighted by atomic mass is 79.9. The number of fused-ring (bicyclic) bond motifs is 1. The molecule has 152 valence electrons. The van der Waals surface area contributed by atoms with Crippen LogP contribution in [0.4, 0.5) is 5.82 Å². The Morgan fingerprint density at radius 1 is 1.28 bits per heavy atom. The molecule has 1 amide bonds. The molecule has 7 nitrogen and oxygen atoms in total. The average molecular weight is 475 g/mol. The van der Waals surface area contributed by atoms with E-state index in [1.54, 1.807) is 17.8 Å². The molecule has 4 rings (SSSR count). The van der Waals surface area contributed by atoms with Gasteiger partial charge in [0.1, 0.15) is 5.82 Å². The van der Waals surface area contributed by atoms with E-state index in [1.807, 2.05) is 29.1 Å². The Morgan fingerprint density at radius 2 is 2.10 bits per heavy atom. The smallest absolute Gasteiger partial charge is 0.251 e. The maximum Gasteiger partial charge on any atom is 0.251 e. The third kappa shape index (κ3) is 4.56. The Morgan fingerprint density at radius 3 is 2.86 bits per heavy atom. The highest BCUT2D eigenvalue weighted by molar-refractivity contribution is 9.10. The lowest BCUT2D eigenvalue weighted by Crippen LogP contribution is -2.27. The number of hydrogen-bond acceptors (Lipinski definition) is 6.